The molecule has 1 N–H and O–H groups in total. The quantitative estimate of drug-likeness (QED) is 0.822. The van der Waals surface area contributed by atoms with Crippen molar-refractivity contribution in [2.75, 3.05) is 13.2 Å². The number of nitrogens with one attached hydrogen (secondary N) is 1. The predicted molar refractivity (Wildman–Crippen MR) is 77.2 cm³/mol. The molecule has 2 heterocycles. The molecule has 1 fully saturated rings. The highest BCUT2D eigenvalue weighted by Crippen LogP contribution is 2.24. The molecule has 1 saturated heterocycles. The highest BCUT2D eigenvalue weighted by Gasteiger charge is 2.32. The second-order valence-electron chi connectivity index (χ2n) is 5.50. The number of aromatic nitrogens is 2. The summed E-state index contributed by atoms with van der Waals surface area (Å²) in [6.45, 7) is 9.59. The third-order valence-corrected chi connectivity index (χ3v) is 4.04. The molecule has 0 aliphatic carbocycles. The molecular formula is C15H27N3O. The molecule has 0 spiro atoms. The van der Waals surface area contributed by atoms with Crippen molar-refractivity contribution in [2.45, 2.75) is 58.7 Å². The number of imidazole rings is 1. The zero-order valence-corrected chi connectivity index (χ0v) is 12.4. The lowest BCUT2D eigenvalue weighted by Crippen LogP contribution is -2.44. The summed E-state index contributed by atoms with van der Waals surface area (Å²) in [7, 11) is 0. The number of aryl methyl sites for hydroxylation is 1. The van der Waals surface area contributed by atoms with Crippen LogP contribution in [0.5, 0.6) is 0 Å². The Labute approximate surface area is 116 Å². The van der Waals surface area contributed by atoms with E-state index in [1.165, 1.54) is 12.2 Å². The summed E-state index contributed by atoms with van der Waals surface area (Å²) in [5.74, 6) is 1.80. The van der Waals surface area contributed by atoms with Gasteiger partial charge >= 0.3 is 0 Å². The molecule has 19 heavy (non-hydrogen) atoms. The lowest BCUT2D eigenvalue weighted by Gasteiger charge is -2.27. The summed E-state index contributed by atoms with van der Waals surface area (Å²) < 4.78 is 8.17. The normalized spacial score (nSPS) is 24.8. The molecule has 2 rings (SSSR count). The third-order valence-electron chi connectivity index (χ3n) is 4.04. The fourth-order valence-electron chi connectivity index (χ4n) is 2.88. The molecule has 1 aromatic heterocycles. The van der Waals surface area contributed by atoms with E-state index >= 15 is 0 Å². The Morgan fingerprint density at radius 3 is 3.00 bits per heavy atom. The summed E-state index contributed by atoms with van der Waals surface area (Å²) in [5.41, 5.74) is 0. The minimum atomic E-state index is 0.327. The van der Waals surface area contributed by atoms with Gasteiger partial charge in [0.15, 0.2) is 0 Å². The van der Waals surface area contributed by atoms with Crippen LogP contribution in [-0.4, -0.2) is 34.8 Å². The van der Waals surface area contributed by atoms with E-state index in [9.17, 15) is 0 Å². The van der Waals surface area contributed by atoms with Crippen LogP contribution < -0.4 is 5.32 Å². The van der Waals surface area contributed by atoms with E-state index in [-0.39, 0.29) is 0 Å². The van der Waals surface area contributed by atoms with Gasteiger partial charge in [-0.25, -0.2) is 4.98 Å². The summed E-state index contributed by atoms with van der Waals surface area (Å²) in [4.78, 5) is 4.50. The van der Waals surface area contributed by atoms with Crippen LogP contribution in [0.25, 0.3) is 0 Å². The van der Waals surface area contributed by atoms with Gasteiger partial charge in [-0.05, 0) is 32.2 Å². The molecule has 0 saturated carbocycles. The number of hydrogen-bond acceptors (Lipinski definition) is 3. The minimum Gasteiger partial charge on any atom is -0.376 e. The Kier molecular flexibility index (Phi) is 5.40. The molecular weight excluding hydrogens is 238 g/mol. The van der Waals surface area contributed by atoms with Gasteiger partial charge in [0.05, 0.1) is 6.10 Å². The van der Waals surface area contributed by atoms with E-state index in [2.05, 4.69) is 41.8 Å². The molecule has 3 atom stereocenters. The Morgan fingerprint density at radius 1 is 1.53 bits per heavy atom. The second-order valence-corrected chi connectivity index (χ2v) is 5.50. The van der Waals surface area contributed by atoms with Crippen molar-refractivity contribution in [3.63, 3.8) is 0 Å². The van der Waals surface area contributed by atoms with E-state index < -0.39 is 0 Å². The number of ether oxygens (including phenoxy) is 1. The molecule has 0 aromatic carbocycles. The smallest absolute Gasteiger partial charge is 0.110 e. The van der Waals surface area contributed by atoms with Gasteiger partial charge in [0, 0.05) is 38.0 Å². The molecule has 4 heteroatoms. The molecule has 1 aliphatic heterocycles. The molecule has 3 unspecified atom stereocenters. The predicted octanol–water partition coefficient (Wildman–Crippen LogP) is 2.24. The Balaban J connectivity index is 2.04. The maximum absolute atomic E-state index is 5.95. The molecule has 1 aliphatic rings. The van der Waals surface area contributed by atoms with Crippen LogP contribution in [0.2, 0.25) is 0 Å². The first kappa shape index (κ1) is 14.5. The van der Waals surface area contributed by atoms with E-state index in [1.807, 2.05) is 6.20 Å². The zero-order valence-electron chi connectivity index (χ0n) is 12.4. The Hall–Kier alpha value is -0.870. The number of hydrogen-bond donors (Lipinski definition) is 1. The average molecular weight is 265 g/mol. The summed E-state index contributed by atoms with van der Waals surface area (Å²) >= 11 is 0. The Morgan fingerprint density at radius 2 is 2.37 bits per heavy atom. The maximum atomic E-state index is 5.95. The van der Waals surface area contributed by atoms with Crippen LogP contribution >= 0.6 is 0 Å². The van der Waals surface area contributed by atoms with Gasteiger partial charge in [0.25, 0.3) is 0 Å². The standard InChI is InChI=1S/C15H27N3O/c1-4-7-16-13(15-12(3)6-10-19-15)11-14-17-8-9-18(14)5-2/h8-9,12-13,15-16H,4-7,10-11H2,1-3H3. The first-order valence-electron chi connectivity index (χ1n) is 7.61. The highest BCUT2D eigenvalue weighted by atomic mass is 16.5. The van der Waals surface area contributed by atoms with Gasteiger partial charge in [-0.2, -0.15) is 0 Å². The SMILES string of the molecule is CCCNC(Cc1nccn1CC)C1OCCC1C. The average Bonchev–Trinajstić information content (AvgIpc) is 3.03. The highest BCUT2D eigenvalue weighted by molar-refractivity contribution is 4.99. The van der Waals surface area contributed by atoms with E-state index in [4.69, 9.17) is 4.74 Å². The van der Waals surface area contributed by atoms with Crippen LogP contribution in [0, 0.1) is 5.92 Å². The number of nitrogens with zero attached hydrogens (tertiary/aromatic N) is 2. The van der Waals surface area contributed by atoms with Crippen molar-refractivity contribution in [1.82, 2.24) is 14.9 Å². The van der Waals surface area contributed by atoms with E-state index in [0.717, 1.165) is 32.5 Å². The molecule has 0 radical (unpaired) electrons. The molecule has 0 bridgehead atoms. The summed E-state index contributed by atoms with van der Waals surface area (Å²) in [6.07, 6.45) is 7.57. The van der Waals surface area contributed by atoms with Crippen molar-refractivity contribution < 1.29 is 4.74 Å². The first-order chi connectivity index (χ1) is 9.26. The Bertz CT molecular complexity index is 377. The lowest BCUT2D eigenvalue weighted by atomic mass is 9.95. The van der Waals surface area contributed by atoms with Gasteiger partial charge in [0.2, 0.25) is 0 Å². The van der Waals surface area contributed by atoms with Crippen LogP contribution in [0.1, 0.15) is 39.4 Å². The van der Waals surface area contributed by atoms with Gasteiger partial charge < -0.3 is 14.6 Å². The molecule has 1 aromatic rings. The van der Waals surface area contributed by atoms with Crippen molar-refractivity contribution in [3.8, 4) is 0 Å². The molecule has 108 valence electrons. The monoisotopic (exact) mass is 265 g/mol. The van der Waals surface area contributed by atoms with Crippen molar-refractivity contribution in [1.29, 1.82) is 0 Å². The van der Waals surface area contributed by atoms with Crippen LogP contribution in [-0.2, 0) is 17.7 Å². The summed E-state index contributed by atoms with van der Waals surface area (Å²) in [5, 5.41) is 3.65. The first-order valence-corrected chi connectivity index (χ1v) is 7.61. The van der Waals surface area contributed by atoms with Crippen LogP contribution in [0.15, 0.2) is 12.4 Å². The van der Waals surface area contributed by atoms with E-state index in [0.29, 0.717) is 18.1 Å². The minimum absolute atomic E-state index is 0.327. The fraction of sp³-hybridized carbons (Fsp3) is 0.800. The third kappa shape index (κ3) is 3.57. The zero-order chi connectivity index (χ0) is 13.7. The largest absolute Gasteiger partial charge is 0.376 e. The van der Waals surface area contributed by atoms with Crippen LogP contribution in [0.3, 0.4) is 0 Å². The van der Waals surface area contributed by atoms with Crippen LogP contribution in [0.4, 0.5) is 0 Å². The van der Waals surface area contributed by atoms with Crippen molar-refractivity contribution in [3.05, 3.63) is 18.2 Å². The molecule has 0 amide bonds. The van der Waals surface area contributed by atoms with E-state index in [1.54, 1.807) is 0 Å². The summed E-state index contributed by atoms with van der Waals surface area (Å²) in [6, 6.07) is 0.380. The number of rotatable bonds is 7. The molecule has 4 nitrogen and oxygen atoms in total. The van der Waals surface area contributed by atoms with Crippen molar-refractivity contribution in [2.24, 2.45) is 5.92 Å². The van der Waals surface area contributed by atoms with Crippen molar-refractivity contribution >= 4 is 0 Å². The van der Waals surface area contributed by atoms with Gasteiger partial charge in [-0.1, -0.05) is 13.8 Å². The topological polar surface area (TPSA) is 39.1 Å². The maximum Gasteiger partial charge on any atom is 0.110 e. The van der Waals surface area contributed by atoms with Gasteiger partial charge in [0.1, 0.15) is 5.82 Å². The van der Waals surface area contributed by atoms with Gasteiger partial charge in [-0.3, -0.25) is 0 Å². The fourth-order valence-corrected chi connectivity index (χ4v) is 2.88. The lowest BCUT2D eigenvalue weighted by molar-refractivity contribution is 0.0602. The second kappa shape index (κ2) is 7.06. The van der Waals surface area contributed by atoms with Gasteiger partial charge in [-0.15, -0.1) is 0 Å².